The number of carbonyl (C=O) groups is 1. The molecule has 3 aliphatic carbocycles. The summed E-state index contributed by atoms with van der Waals surface area (Å²) >= 11 is 0. The second-order valence-corrected chi connectivity index (χ2v) is 7.19. The lowest BCUT2D eigenvalue weighted by Gasteiger charge is -2.40. The van der Waals surface area contributed by atoms with Gasteiger partial charge in [0.2, 0.25) is 0 Å². The van der Waals surface area contributed by atoms with E-state index in [0.29, 0.717) is 24.0 Å². The molecule has 4 rings (SSSR count). The molecule has 3 aliphatic rings. The van der Waals surface area contributed by atoms with Gasteiger partial charge in [0.05, 0.1) is 18.8 Å². The smallest absolute Gasteiger partial charge is 0.153 e. The Morgan fingerprint density at radius 1 is 0.958 bits per heavy atom. The largest absolute Gasteiger partial charge is 0.493 e. The van der Waals surface area contributed by atoms with Gasteiger partial charge in [-0.15, -0.1) is 0 Å². The van der Waals surface area contributed by atoms with Crippen LogP contribution in [0.25, 0.3) is 0 Å². The summed E-state index contributed by atoms with van der Waals surface area (Å²) < 4.78 is 12.2. The average Bonchev–Trinajstić information content (AvgIpc) is 2.63. The van der Waals surface area contributed by atoms with Crippen molar-refractivity contribution in [3.05, 3.63) is 22.8 Å². The third-order valence-electron chi connectivity index (χ3n) is 5.52. The molecule has 0 amide bonds. The molecule has 0 atom stereocenters. The van der Waals surface area contributed by atoms with Crippen molar-refractivity contribution in [1.29, 1.82) is 0 Å². The first kappa shape index (κ1) is 17.3. The number of ether oxygens (including phenoxy) is 2. The Morgan fingerprint density at radius 3 is 2.12 bits per heavy atom. The van der Waals surface area contributed by atoms with Crippen molar-refractivity contribution < 1.29 is 14.3 Å². The van der Waals surface area contributed by atoms with Gasteiger partial charge in [0.15, 0.2) is 6.29 Å². The molecule has 0 unspecified atom stereocenters. The number of benzene rings is 1. The molecule has 2 bridgehead atoms. The number of carbonyl (C=O) groups excluding carboxylic acids is 1. The normalized spacial score (nSPS) is 21.4. The molecule has 0 aliphatic heterocycles. The molecule has 0 radical (unpaired) electrons. The SMILES string of the molecule is CCCCOc1cc(C=O)c(OCCCC)c2c1C1CCC2CC1. The Bertz CT molecular complexity index is 571. The summed E-state index contributed by atoms with van der Waals surface area (Å²) in [6.45, 7) is 5.75. The number of fused-ring (bicyclic) bond motifs is 2. The van der Waals surface area contributed by atoms with Crippen molar-refractivity contribution in [3.63, 3.8) is 0 Å². The minimum absolute atomic E-state index is 0.537. The third kappa shape index (κ3) is 3.31. The van der Waals surface area contributed by atoms with E-state index in [1.807, 2.05) is 6.07 Å². The summed E-state index contributed by atoms with van der Waals surface area (Å²) in [5.41, 5.74) is 3.32. The van der Waals surface area contributed by atoms with Crippen LogP contribution in [0, 0.1) is 0 Å². The van der Waals surface area contributed by atoms with Crippen molar-refractivity contribution in [2.45, 2.75) is 77.0 Å². The van der Waals surface area contributed by atoms with Gasteiger partial charge in [-0.3, -0.25) is 4.79 Å². The monoisotopic (exact) mass is 330 g/mol. The highest BCUT2D eigenvalue weighted by molar-refractivity contribution is 5.83. The zero-order chi connectivity index (χ0) is 16.9. The van der Waals surface area contributed by atoms with Crippen LogP contribution in [-0.4, -0.2) is 19.5 Å². The third-order valence-corrected chi connectivity index (χ3v) is 5.52. The Hall–Kier alpha value is -1.51. The molecule has 3 nitrogen and oxygen atoms in total. The van der Waals surface area contributed by atoms with Crippen LogP contribution in [0.3, 0.4) is 0 Å². The van der Waals surface area contributed by atoms with Gasteiger partial charge in [0, 0.05) is 11.1 Å². The Morgan fingerprint density at radius 2 is 1.54 bits per heavy atom. The molecule has 0 spiro atoms. The van der Waals surface area contributed by atoms with E-state index in [-0.39, 0.29) is 0 Å². The van der Waals surface area contributed by atoms with Crippen molar-refractivity contribution in [3.8, 4) is 11.5 Å². The maximum absolute atomic E-state index is 11.7. The summed E-state index contributed by atoms with van der Waals surface area (Å²) in [6, 6.07) is 1.93. The summed E-state index contributed by atoms with van der Waals surface area (Å²) in [4.78, 5) is 11.7. The van der Waals surface area contributed by atoms with Gasteiger partial charge in [-0.25, -0.2) is 0 Å². The topological polar surface area (TPSA) is 35.5 Å². The lowest BCUT2D eigenvalue weighted by molar-refractivity contribution is 0.111. The predicted molar refractivity (Wildman–Crippen MR) is 96.6 cm³/mol. The number of hydrogen-bond donors (Lipinski definition) is 0. The first-order valence-corrected chi connectivity index (χ1v) is 9.71. The van der Waals surface area contributed by atoms with Gasteiger partial charge in [-0.05, 0) is 56.4 Å². The van der Waals surface area contributed by atoms with E-state index in [4.69, 9.17) is 9.47 Å². The number of unbranched alkanes of at least 4 members (excludes halogenated alkanes) is 2. The maximum Gasteiger partial charge on any atom is 0.153 e. The molecule has 0 heterocycles. The Kier molecular flexibility index (Phi) is 5.80. The molecule has 132 valence electrons. The Labute approximate surface area is 145 Å². The van der Waals surface area contributed by atoms with Crippen molar-refractivity contribution in [1.82, 2.24) is 0 Å². The van der Waals surface area contributed by atoms with Crippen molar-refractivity contribution in [2.24, 2.45) is 0 Å². The minimum atomic E-state index is 0.537. The van der Waals surface area contributed by atoms with E-state index in [1.165, 1.54) is 36.8 Å². The van der Waals surface area contributed by atoms with E-state index in [0.717, 1.165) is 50.1 Å². The number of aldehydes is 1. The molecule has 3 heteroatoms. The molecular weight excluding hydrogens is 300 g/mol. The second kappa shape index (κ2) is 8.04. The first-order chi connectivity index (χ1) is 11.8. The number of rotatable bonds is 9. The van der Waals surface area contributed by atoms with Crippen LogP contribution in [0.15, 0.2) is 6.07 Å². The molecule has 1 fully saturated rings. The van der Waals surface area contributed by atoms with Gasteiger partial charge in [0.1, 0.15) is 11.5 Å². The van der Waals surface area contributed by atoms with Crippen molar-refractivity contribution >= 4 is 6.29 Å². The molecular formula is C21H30O3. The fourth-order valence-electron chi connectivity index (χ4n) is 4.21. The van der Waals surface area contributed by atoms with Crippen LogP contribution >= 0.6 is 0 Å². The van der Waals surface area contributed by atoms with E-state index in [1.54, 1.807) is 0 Å². The van der Waals surface area contributed by atoms with Crippen LogP contribution in [-0.2, 0) is 0 Å². The van der Waals surface area contributed by atoms with E-state index in [9.17, 15) is 4.79 Å². The van der Waals surface area contributed by atoms with Gasteiger partial charge < -0.3 is 9.47 Å². The minimum Gasteiger partial charge on any atom is -0.493 e. The molecule has 1 saturated carbocycles. The van der Waals surface area contributed by atoms with E-state index < -0.39 is 0 Å². The maximum atomic E-state index is 11.7. The lowest BCUT2D eigenvalue weighted by Crippen LogP contribution is -2.24. The summed E-state index contributed by atoms with van der Waals surface area (Å²) in [7, 11) is 0. The van der Waals surface area contributed by atoms with E-state index in [2.05, 4.69) is 13.8 Å². The van der Waals surface area contributed by atoms with Crippen LogP contribution in [0.5, 0.6) is 11.5 Å². The average molecular weight is 330 g/mol. The quantitative estimate of drug-likeness (QED) is 0.436. The highest BCUT2D eigenvalue weighted by Gasteiger charge is 2.38. The van der Waals surface area contributed by atoms with E-state index >= 15 is 0 Å². The lowest BCUT2D eigenvalue weighted by atomic mass is 9.66. The molecule has 0 aromatic heterocycles. The van der Waals surface area contributed by atoms with Crippen molar-refractivity contribution in [2.75, 3.05) is 13.2 Å². The molecule has 1 aromatic carbocycles. The first-order valence-electron chi connectivity index (χ1n) is 9.71. The molecule has 24 heavy (non-hydrogen) atoms. The standard InChI is InChI=1S/C21H30O3/c1-3-5-11-23-18-13-17(14-22)21(24-12-6-4-2)20-16-9-7-15(8-10-16)19(18)20/h13-16H,3-12H2,1-2H3. The van der Waals surface area contributed by atoms with Gasteiger partial charge in [0.25, 0.3) is 0 Å². The summed E-state index contributed by atoms with van der Waals surface area (Å²) in [5, 5.41) is 0. The highest BCUT2D eigenvalue weighted by atomic mass is 16.5. The van der Waals surface area contributed by atoms with Crippen LogP contribution < -0.4 is 9.47 Å². The van der Waals surface area contributed by atoms with Crippen LogP contribution in [0.4, 0.5) is 0 Å². The Balaban J connectivity index is 2.00. The summed E-state index contributed by atoms with van der Waals surface area (Å²) in [6.07, 6.45) is 10.2. The fourth-order valence-corrected chi connectivity index (χ4v) is 4.21. The predicted octanol–water partition coefficient (Wildman–Crippen LogP) is 5.61. The van der Waals surface area contributed by atoms with Crippen LogP contribution in [0.2, 0.25) is 0 Å². The fraction of sp³-hybridized carbons (Fsp3) is 0.667. The zero-order valence-electron chi connectivity index (χ0n) is 15.1. The van der Waals surface area contributed by atoms with Gasteiger partial charge in [-0.2, -0.15) is 0 Å². The van der Waals surface area contributed by atoms with Gasteiger partial charge >= 0.3 is 0 Å². The molecule has 1 aromatic rings. The van der Waals surface area contributed by atoms with Crippen LogP contribution in [0.1, 0.15) is 98.5 Å². The molecule has 0 N–H and O–H groups in total. The number of hydrogen-bond acceptors (Lipinski definition) is 3. The highest BCUT2D eigenvalue weighted by Crippen LogP contribution is 2.56. The summed E-state index contributed by atoms with van der Waals surface area (Å²) in [5.74, 6) is 2.91. The molecule has 0 saturated heterocycles. The second-order valence-electron chi connectivity index (χ2n) is 7.19. The zero-order valence-corrected chi connectivity index (χ0v) is 15.1. The van der Waals surface area contributed by atoms with Gasteiger partial charge in [-0.1, -0.05) is 26.7 Å².